The first-order valence-corrected chi connectivity index (χ1v) is 8.58. The monoisotopic (exact) mass is 330 g/mol. The smallest absolute Gasteiger partial charge is 0.321 e. The molecule has 2 rings (SSSR count). The molecule has 0 saturated heterocycles. The summed E-state index contributed by atoms with van der Waals surface area (Å²) in [7, 11) is 0. The molecule has 5 heteroatoms. The van der Waals surface area contributed by atoms with Gasteiger partial charge in [0.2, 0.25) is 5.91 Å². The van der Waals surface area contributed by atoms with E-state index in [-0.39, 0.29) is 11.2 Å². The number of hydrogen-bond donors (Lipinski definition) is 2. The first-order valence-electron chi connectivity index (χ1n) is 7.70. The van der Waals surface area contributed by atoms with Gasteiger partial charge in [-0.2, -0.15) is 0 Å². The number of amides is 3. The van der Waals surface area contributed by atoms with Crippen molar-refractivity contribution in [2.75, 3.05) is 6.54 Å². The fourth-order valence-corrected chi connectivity index (χ4v) is 2.97. The first-order chi connectivity index (χ1) is 11.0. The number of nitrogens with one attached hydrogen (secondary N) is 2. The van der Waals surface area contributed by atoms with Gasteiger partial charge in [0.15, 0.2) is 0 Å². The predicted octanol–water partition coefficient (Wildman–Crippen LogP) is 3.80. The summed E-state index contributed by atoms with van der Waals surface area (Å²) >= 11 is 1.44. The highest BCUT2D eigenvalue weighted by molar-refractivity contribution is 8.00. The van der Waals surface area contributed by atoms with Crippen LogP contribution in [0.15, 0.2) is 47.4 Å². The highest BCUT2D eigenvalue weighted by Gasteiger charge is 2.17. The van der Waals surface area contributed by atoms with E-state index < -0.39 is 6.03 Å². The van der Waals surface area contributed by atoms with Crippen LogP contribution >= 0.6 is 11.8 Å². The van der Waals surface area contributed by atoms with Crippen molar-refractivity contribution in [3.63, 3.8) is 0 Å². The maximum absolute atomic E-state index is 12.1. The normalized spacial score (nSPS) is 12.2. The van der Waals surface area contributed by atoms with E-state index in [1.54, 1.807) is 6.92 Å². The fourth-order valence-electron chi connectivity index (χ4n) is 2.05. The summed E-state index contributed by atoms with van der Waals surface area (Å²) in [6.45, 7) is 6.34. The molecular weight excluding hydrogens is 308 g/mol. The molecule has 0 aliphatic carbocycles. The summed E-state index contributed by atoms with van der Waals surface area (Å²) in [5.41, 5.74) is 0. The Morgan fingerprint density at radius 1 is 1.04 bits per heavy atom. The number of imide groups is 1. The second-order valence-corrected chi connectivity index (χ2v) is 7.28. The van der Waals surface area contributed by atoms with E-state index >= 15 is 0 Å². The van der Waals surface area contributed by atoms with Gasteiger partial charge in [-0.05, 0) is 35.7 Å². The Bertz CT molecular complexity index is 700. The van der Waals surface area contributed by atoms with E-state index in [2.05, 4.69) is 22.8 Å². The van der Waals surface area contributed by atoms with E-state index in [1.165, 1.54) is 17.1 Å². The minimum atomic E-state index is -0.435. The number of benzene rings is 2. The lowest BCUT2D eigenvalue weighted by atomic mass is 10.1. The van der Waals surface area contributed by atoms with Gasteiger partial charge >= 0.3 is 6.03 Å². The Hall–Kier alpha value is -2.01. The molecule has 4 nitrogen and oxygen atoms in total. The Balaban J connectivity index is 1.92. The lowest BCUT2D eigenvalue weighted by molar-refractivity contribution is -0.119. The van der Waals surface area contributed by atoms with E-state index in [9.17, 15) is 9.59 Å². The first kappa shape index (κ1) is 17.3. The molecule has 0 bridgehead atoms. The number of thioether (sulfide) groups is 1. The van der Waals surface area contributed by atoms with Crippen LogP contribution in [-0.2, 0) is 4.79 Å². The Morgan fingerprint density at radius 3 is 2.43 bits per heavy atom. The molecule has 3 amide bonds. The summed E-state index contributed by atoms with van der Waals surface area (Å²) in [5.74, 6) is 0.0599. The minimum absolute atomic E-state index is 0.288. The van der Waals surface area contributed by atoms with E-state index in [4.69, 9.17) is 0 Å². The van der Waals surface area contributed by atoms with Gasteiger partial charge in [-0.25, -0.2) is 4.79 Å². The van der Waals surface area contributed by atoms with Crippen molar-refractivity contribution in [1.29, 1.82) is 0 Å². The summed E-state index contributed by atoms with van der Waals surface area (Å²) < 4.78 is 0. The third kappa shape index (κ3) is 5.28. The molecule has 0 fully saturated rings. The Morgan fingerprint density at radius 2 is 1.74 bits per heavy atom. The van der Waals surface area contributed by atoms with Crippen LogP contribution in [0.25, 0.3) is 10.8 Å². The van der Waals surface area contributed by atoms with Crippen molar-refractivity contribution in [2.45, 2.75) is 30.9 Å². The van der Waals surface area contributed by atoms with Crippen LogP contribution in [0.4, 0.5) is 4.79 Å². The van der Waals surface area contributed by atoms with Crippen molar-refractivity contribution in [1.82, 2.24) is 10.6 Å². The second-order valence-electron chi connectivity index (χ2n) is 5.86. The van der Waals surface area contributed by atoms with Crippen LogP contribution in [0.1, 0.15) is 20.8 Å². The van der Waals surface area contributed by atoms with E-state index in [1.807, 2.05) is 44.2 Å². The maximum atomic E-state index is 12.1. The number of urea groups is 1. The highest BCUT2D eigenvalue weighted by atomic mass is 32.2. The van der Waals surface area contributed by atoms with Gasteiger partial charge < -0.3 is 5.32 Å². The van der Waals surface area contributed by atoms with Gasteiger partial charge in [-0.3, -0.25) is 10.1 Å². The molecule has 0 radical (unpaired) electrons. The van der Waals surface area contributed by atoms with Crippen LogP contribution < -0.4 is 10.6 Å². The largest absolute Gasteiger partial charge is 0.338 e. The lowest BCUT2D eigenvalue weighted by Gasteiger charge is -2.13. The van der Waals surface area contributed by atoms with Crippen LogP contribution in [0.5, 0.6) is 0 Å². The van der Waals surface area contributed by atoms with Crippen molar-refractivity contribution in [2.24, 2.45) is 5.92 Å². The SMILES string of the molecule is CC(C)CNC(=O)NC(=O)C(C)Sc1ccc2ccccc2c1. The third-order valence-corrected chi connectivity index (χ3v) is 4.40. The van der Waals surface area contributed by atoms with Gasteiger partial charge in [-0.15, -0.1) is 11.8 Å². The molecule has 0 saturated carbocycles. The molecule has 1 unspecified atom stereocenters. The Kier molecular flexibility index (Phi) is 6.04. The molecule has 0 heterocycles. The number of carbonyl (C=O) groups excluding carboxylic acids is 2. The fraction of sp³-hybridized carbons (Fsp3) is 0.333. The zero-order valence-corrected chi connectivity index (χ0v) is 14.4. The second kappa shape index (κ2) is 8.02. The van der Waals surface area contributed by atoms with Crippen LogP contribution in [0.2, 0.25) is 0 Å². The number of carbonyl (C=O) groups is 2. The minimum Gasteiger partial charge on any atom is -0.338 e. The van der Waals surface area contributed by atoms with Gasteiger partial charge in [-0.1, -0.05) is 44.2 Å². The van der Waals surface area contributed by atoms with Crippen molar-refractivity contribution >= 4 is 34.5 Å². The van der Waals surface area contributed by atoms with E-state index in [0.29, 0.717) is 12.5 Å². The van der Waals surface area contributed by atoms with Crippen molar-refractivity contribution in [3.8, 4) is 0 Å². The molecule has 122 valence electrons. The molecule has 0 spiro atoms. The molecule has 2 N–H and O–H groups in total. The van der Waals surface area contributed by atoms with Gasteiger partial charge in [0.1, 0.15) is 0 Å². The van der Waals surface area contributed by atoms with Crippen molar-refractivity contribution in [3.05, 3.63) is 42.5 Å². The quantitative estimate of drug-likeness (QED) is 0.820. The predicted molar refractivity (Wildman–Crippen MR) is 95.6 cm³/mol. The van der Waals surface area contributed by atoms with Gasteiger partial charge in [0, 0.05) is 11.4 Å². The topological polar surface area (TPSA) is 58.2 Å². The average molecular weight is 330 g/mol. The van der Waals surface area contributed by atoms with Crippen molar-refractivity contribution < 1.29 is 9.59 Å². The van der Waals surface area contributed by atoms with E-state index in [0.717, 1.165) is 10.3 Å². The highest BCUT2D eigenvalue weighted by Crippen LogP contribution is 2.27. The van der Waals surface area contributed by atoms with Crippen LogP contribution in [0, 0.1) is 5.92 Å². The molecule has 1 atom stereocenters. The molecule has 0 aromatic heterocycles. The maximum Gasteiger partial charge on any atom is 0.321 e. The molecule has 2 aromatic rings. The Labute approximate surface area is 141 Å². The molecule has 0 aliphatic rings. The van der Waals surface area contributed by atoms with Crippen LogP contribution in [-0.4, -0.2) is 23.7 Å². The summed E-state index contributed by atoms with van der Waals surface area (Å²) in [6.07, 6.45) is 0. The molecule has 0 aliphatic heterocycles. The zero-order valence-electron chi connectivity index (χ0n) is 13.6. The van der Waals surface area contributed by atoms with Crippen LogP contribution in [0.3, 0.4) is 0 Å². The molecular formula is C18H22N2O2S. The third-order valence-electron chi connectivity index (χ3n) is 3.31. The summed E-state index contributed by atoms with van der Waals surface area (Å²) in [5, 5.41) is 7.02. The number of fused-ring (bicyclic) bond motifs is 1. The standard InChI is InChI=1S/C18H22N2O2S/c1-12(2)11-19-18(22)20-17(21)13(3)23-16-9-8-14-6-4-5-7-15(14)10-16/h4-10,12-13H,11H2,1-3H3,(H2,19,20,21,22). The summed E-state index contributed by atoms with van der Waals surface area (Å²) in [6, 6.07) is 13.8. The number of rotatable bonds is 5. The molecule has 2 aromatic carbocycles. The zero-order chi connectivity index (χ0) is 16.8. The lowest BCUT2D eigenvalue weighted by Crippen LogP contribution is -2.43. The summed E-state index contributed by atoms with van der Waals surface area (Å²) in [4.78, 5) is 24.7. The average Bonchev–Trinajstić information content (AvgIpc) is 2.52. The number of hydrogen-bond acceptors (Lipinski definition) is 3. The molecule has 23 heavy (non-hydrogen) atoms. The van der Waals surface area contributed by atoms with Gasteiger partial charge in [0.25, 0.3) is 0 Å². The van der Waals surface area contributed by atoms with Gasteiger partial charge in [0.05, 0.1) is 5.25 Å².